The number of hydrogen-bond donors (Lipinski definition) is 1. The van der Waals surface area contributed by atoms with Crippen LogP contribution in [-0.2, 0) is 4.74 Å². The lowest BCUT2D eigenvalue weighted by atomic mass is 9.75. The highest BCUT2D eigenvalue weighted by atomic mass is 16.5. The number of ether oxygens (including phenoxy) is 1. The van der Waals surface area contributed by atoms with Crippen molar-refractivity contribution in [2.45, 2.75) is 52.0 Å². The van der Waals surface area contributed by atoms with Gasteiger partial charge in [-0.25, -0.2) is 4.98 Å². The van der Waals surface area contributed by atoms with Gasteiger partial charge >= 0.3 is 0 Å². The molecule has 0 spiro atoms. The average Bonchev–Trinajstić information content (AvgIpc) is 2.82. The van der Waals surface area contributed by atoms with Crippen LogP contribution < -0.4 is 5.32 Å². The van der Waals surface area contributed by atoms with E-state index in [4.69, 9.17) is 4.74 Å². The van der Waals surface area contributed by atoms with Crippen LogP contribution in [0, 0.1) is 5.41 Å². The fourth-order valence-electron chi connectivity index (χ4n) is 3.06. The molecule has 4 nitrogen and oxygen atoms in total. The predicted molar refractivity (Wildman–Crippen MR) is 78.5 cm³/mol. The summed E-state index contributed by atoms with van der Waals surface area (Å²) in [6, 6.07) is 0.594. The van der Waals surface area contributed by atoms with Gasteiger partial charge in [0.1, 0.15) is 0 Å². The molecule has 0 amide bonds. The Labute approximate surface area is 116 Å². The Bertz CT molecular complexity index is 386. The first kappa shape index (κ1) is 14.4. The lowest BCUT2D eigenvalue weighted by molar-refractivity contribution is 0.184. The highest BCUT2D eigenvalue weighted by molar-refractivity contribution is 5.26. The van der Waals surface area contributed by atoms with Crippen molar-refractivity contribution in [3.8, 4) is 0 Å². The molecule has 1 unspecified atom stereocenters. The summed E-state index contributed by atoms with van der Waals surface area (Å²) in [6.45, 7) is 6.47. The predicted octanol–water partition coefficient (Wildman–Crippen LogP) is 3.47. The van der Waals surface area contributed by atoms with Crippen LogP contribution in [0.1, 0.15) is 52.0 Å². The molecule has 108 valence electrons. The van der Waals surface area contributed by atoms with Crippen LogP contribution >= 0.6 is 0 Å². The SMILES string of the molecule is COCCCNc1nccn1C1CCCC(C)(C)C1. The molecule has 1 aromatic rings. The number of methoxy groups -OCH3 is 1. The molecule has 1 aliphatic carbocycles. The van der Waals surface area contributed by atoms with Gasteiger partial charge in [0.05, 0.1) is 0 Å². The second-order valence-corrected chi connectivity index (χ2v) is 6.35. The second kappa shape index (κ2) is 6.42. The van der Waals surface area contributed by atoms with Crippen LogP contribution in [0.3, 0.4) is 0 Å². The van der Waals surface area contributed by atoms with E-state index in [1.807, 2.05) is 6.20 Å². The molecule has 4 heteroatoms. The van der Waals surface area contributed by atoms with Crippen LogP contribution in [0.15, 0.2) is 12.4 Å². The third-order valence-corrected chi connectivity index (χ3v) is 4.05. The molecule has 0 aliphatic heterocycles. The zero-order chi connectivity index (χ0) is 13.7. The maximum atomic E-state index is 5.07. The maximum Gasteiger partial charge on any atom is 0.203 e. The van der Waals surface area contributed by atoms with Crippen molar-refractivity contribution in [3.63, 3.8) is 0 Å². The van der Waals surface area contributed by atoms with E-state index in [1.54, 1.807) is 7.11 Å². The molecule has 1 heterocycles. The molecule has 1 aromatic heterocycles. The van der Waals surface area contributed by atoms with Gasteiger partial charge in [-0.3, -0.25) is 0 Å². The van der Waals surface area contributed by atoms with E-state index in [0.717, 1.165) is 25.5 Å². The molecule has 0 aromatic carbocycles. The summed E-state index contributed by atoms with van der Waals surface area (Å²) in [7, 11) is 1.74. The van der Waals surface area contributed by atoms with Gasteiger partial charge in [0.25, 0.3) is 0 Å². The van der Waals surface area contributed by atoms with Crippen LogP contribution in [0.25, 0.3) is 0 Å². The molecule has 1 N–H and O–H groups in total. The topological polar surface area (TPSA) is 39.1 Å². The number of nitrogens with one attached hydrogen (secondary N) is 1. The Balaban J connectivity index is 1.94. The Kier molecular flexibility index (Phi) is 4.86. The van der Waals surface area contributed by atoms with Gasteiger partial charge in [-0.2, -0.15) is 0 Å². The average molecular weight is 265 g/mol. The van der Waals surface area contributed by atoms with E-state index >= 15 is 0 Å². The Morgan fingerprint density at radius 3 is 3.11 bits per heavy atom. The highest BCUT2D eigenvalue weighted by Gasteiger charge is 2.29. The first-order chi connectivity index (χ1) is 9.12. The number of imidazole rings is 1. The Morgan fingerprint density at radius 1 is 1.53 bits per heavy atom. The minimum Gasteiger partial charge on any atom is -0.385 e. The summed E-state index contributed by atoms with van der Waals surface area (Å²) >= 11 is 0. The largest absolute Gasteiger partial charge is 0.385 e. The quantitative estimate of drug-likeness (QED) is 0.800. The van der Waals surface area contributed by atoms with Crippen molar-refractivity contribution in [1.82, 2.24) is 9.55 Å². The first-order valence-electron chi connectivity index (χ1n) is 7.38. The van der Waals surface area contributed by atoms with Crippen molar-refractivity contribution in [1.29, 1.82) is 0 Å². The molecule has 1 atom stereocenters. The van der Waals surface area contributed by atoms with E-state index in [2.05, 4.69) is 34.9 Å². The summed E-state index contributed by atoms with van der Waals surface area (Å²) in [5.74, 6) is 1.01. The van der Waals surface area contributed by atoms with Crippen molar-refractivity contribution >= 4 is 5.95 Å². The minimum atomic E-state index is 0.459. The molecule has 0 radical (unpaired) electrons. The van der Waals surface area contributed by atoms with Crippen LogP contribution in [-0.4, -0.2) is 29.8 Å². The highest BCUT2D eigenvalue weighted by Crippen LogP contribution is 2.41. The second-order valence-electron chi connectivity index (χ2n) is 6.35. The van der Waals surface area contributed by atoms with E-state index in [1.165, 1.54) is 25.7 Å². The van der Waals surface area contributed by atoms with Gasteiger partial charge < -0.3 is 14.6 Å². The van der Waals surface area contributed by atoms with Crippen molar-refractivity contribution < 1.29 is 4.74 Å². The third kappa shape index (κ3) is 3.96. The summed E-state index contributed by atoms with van der Waals surface area (Å²) in [5, 5.41) is 3.42. The maximum absolute atomic E-state index is 5.07. The molecule has 1 aliphatic rings. The molecule has 1 fully saturated rings. The van der Waals surface area contributed by atoms with Crippen LogP contribution in [0.2, 0.25) is 0 Å². The lowest BCUT2D eigenvalue weighted by Crippen LogP contribution is -2.25. The van der Waals surface area contributed by atoms with E-state index in [-0.39, 0.29) is 0 Å². The van der Waals surface area contributed by atoms with Gasteiger partial charge in [-0.1, -0.05) is 20.3 Å². The minimum absolute atomic E-state index is 0.459. The molecule has 0 bridgehead atoms. The van der Waals surface area contributed by atoms with Crippen LogP contribution in [0.4, 0.5) is 5.95 Å². The summed E-state index contributed by atoms with van der Waals surface area (Å²) in [6.07, 6.45) is 10.2. The van der Waals surface area contributed by atoms with E-state index in [0.29, 0.717) is 11.5 Å². The normalized spacial score (nSPS) is 22.4. The Morgan fingerprint density at radius 2 is 2.37 bits per heavy atom. The summed E-state index contributed by atoms with van der Waals surface area (Å²) in [5.41, 5.74) is 0.459. The zero-order valence-electron chi connectivity index (χ0n) is 12.5. The van der Waals surface area contributed by atoms with Gasteiger partial charge in [-0.05, 0) is 31.1 Å². The van der Waals surface area contributed by atoms with Gasteiger partial charge in [-0.15, -0.1) is 0 Å². The number of nitrogens with zero attached hydrogens (tertiary/aromatic N) is 2. The molecule has 0 saturated heterocycles. The molecular weight excluding hydrogens is 238 g/mol. The smallest absolute Gasteiger partial charge is 0.203 e. The van der Waals surface area contributed by atoms with Crippen molar-refractivity contribution in [2.75, 3.05) is 25.6 Å². The number of anilines is 1. The molecule has 19 heavy (non-hydrogen) atoms. The fraction of sp³-hybridized carbons (Fsp3) is 0.800. The number of hydrogen-bond acceptors (Lipinski definition) is 3. The van der Waals surface area contributed by atoms with Crippen molar-refractivity contribution in [2.24, 2.45) is 5.41 Å². The summed E-state index contributed by atoms with van der Waals surface area (Å²) < 4.78 is 7.39. The zero-order valence-corrected chi connectivity index (χ0v) is 12.5. The monoisotopic (exact) mass is 265 g/mol. The lowest BCUT2D eigenvalue weighted by Gasteiger charge is -2.36. The molecule has 1 saturated carbocycles. The van der Waals surface area contributed by atoms with Crippen molar-refractivity contribution in [3.05, 3.63) is 12.4 Å². The van der Waals surface area contributed by atoms with Gasteiger partial charge in [0.2, 0.25) is 5.95 Å². The first-order valence-corrected chi connectivity index (χ1v) is 7.38. The van der Waals surface area contributed by atoms with Gasteiger partial charge in [0.15, 0.2) is 0 Å². The molecule has 2 rings (SSSR count). The summed E-state index contributed by atoms with van der Waals surface area (Å²) in [4.78, 5) is 4.45. The van der Waals surface area contributed by atoms with E-state index < -0.39 is 0 Å². The number of rotatable bonds is 6. The van der Waals surface area contributed by atoms with Gasteiger partial charge in [0, 0.05) is 38.7 Å². The number of aromatic nitrogens is 2. The standard InChI is InChI=1S/C15H27N3O/c1-15(2)7-4-6-13(12-15)18-10-9-17-14(18)16-8-5-11-19-3/h9-10,13H,4-8,11-12H2,1-3H3,(H,16,17). The van der Waals surface area contributed by atoms with E-state index in [9.17, 15) is 0 Å². The van der Waals surface area contributed by atoms with Crippen LogP contribution in [0.5, 0.6) is 0 Å². The third-order valence-electron chi connectivity index (χ3n) is 4.05. The Hall–Kier alpha value is -1.03. The fourth-order valence-corrected chi connectivity index (χ4v) is 3.06. The molecular formula is C15H27N3O.